The number of amides is 2. The van der Waals surface area contributed by atoms with E-state index in [1.165, 1.54) is 18.2 Å². The van der Waals surface area contributed by atoms with Crippen LogP contribution in [0.4, 0.5) is 14.5 Å². The summed E-state index contributed by atoms with van der Waals surface area (Å²) in [6.45, 7) is -0.933. The highest BCUT2D eigenvalue weighted by Crippen LogP contribution is 2.22. The molecule has 0 spiro atoms. The van der Waals surface area contributed by atoms with Gasteiger partial charge in [0.2, 0.25) is 11.8 Å². The number of nitrogens with one attached hydrogen (secondary N) is 2. The molecule has 28 heavy (non-hydrogen) atoms. The van der Waals surface area contributed by atoms with Crippen LogP contribution in [0.5, 0.6) is 5.75 Å². The summed E-state index contributed by atoms with van der Waals surface area (Å²) in [5.74, 6) is -0.704. The Morgan fingerprint density at radius 3 is 2.71 bits per heavy atom. The van der Waals surface area contributed by atoms with E-state index >= 15 is 0 Å². The summed E-state index contributed by atoms with van der Waals surface area (Å²) in [4.78, 5) is 23.9. The molecule has 148 valence electrons. The van der Waals surface area contributed by atoms with E-state index in [0.717, 1.165) is 10.0 Å². The van der Waals surface area contributed by atoms with Crippen molar-refractivity contribution in [3.63, 3.8) is 0 Å². The normalized spacial score (nSPS) is 10.9. The number of hydrogen-bond donors (Lipinski definition) is 2. The van der Waals surface area contributed by atoms with Gasteiger partial charge in [0.1, 0.15) is 5.75 Å². The van der Waals surface area contributed by atoms with Gasteiger partial charge in [-0.25, -0.2) is 0 Å². The Morgan fingerprint density at radius 2 is 1.96 bits per heavy atom. The number of anilines is 1. The van der Waals surface area contributed by atoms with E-state index in [-0.39, 0.29) is 24.6 Å². The lowest BCUT2D eigenvalue weighted by atomic mass is 10.2. The molecular weight excluding hydrogens is 434 g/mol. The lowest BCUT2D eigenvalue weighted by Gasteiger charge is -2.09. The molecule has 2 N–H and O–H groups in total. The third kappa shape index (κ3) is 7.11. The molecular formula is C20H19BrF2N2O3. The summed E-state index contributed by atoms with van der Waals surface area (Å²) in [7, 11) is 0. The molecule has 2 amide bonds. The summed E-state index contributed by atoms with van der Waals surface area (Å²) in [6.07, 6.45) is 2.67. The minimum Gasteiger partial charge on any atom is -0.434 e. The van der Waals surface area contributed by atoms with Crippen molar-refractivity contribution in [2.24, 2.45) is 0 Å². The van der Waals surface area contributed by atoms with Gasteiger partial charge in [0.05, 0.1) is 0 Å². The number of hydrogen-bond acceptors (Lipinski definition) is 3. The molecule has 0 unspecified atom stereocenters. The molecule has 2 aromatic rings. The zero-order valence-electron chi connectivity index (χ0n) is 15.0. The SMILES string of the molecule is Cc1ccc(Br)cc1NC(=O)CCNC(=O)/C=C/c1ccccc1OC(F)F. The Morgan fingerprint density at radius 1 is 1.21 bits per heavy atom. The van der Waals surface area contributed by atoms with Crippen LogP contribution >= 0.6 is 15.9 Å². The van der Waals surface area contributed by atoms with Crippen LogP contribution in [0.15, 0.2) is 53.0 Å². The number of carbonyl (C=O) groups is 2. The molecule has 0 atom stereocenters. The fourth-order valence-electron chi connectivity index (χ4n) is 2.29. The first-order valence-corrected chi connectivity index (χ1v) is 9.20. The van der Waals surface area contributed by atoms with Crippen LogP contribution in [-0.2, 0) is 9.59 Å². The lowest BCUT2D eigenvalue weighted by Crippen LogP contribution is -2.26. The molecule has 2 rings (SSSR count). The van der Waals surface area contributed by atoms with Crippen molar-refractivity contribution in [2.45, 2.75) is 20.0 Å². The molecule has 0 aliphatic heterocycles. The predicted molar refractivity (Wildman–Crippen MR) is 107 cm³/mol. The first-order chi connectivity index (χ1) is 13.3. The minimum atomic E-state index is -2.95. The number of rotatable bonds is 8. The molecule has 8 heteroatoms. The van der Waals surface area contributed by atoms with Crippen molar-refractivity contribution in [3.8, 4) is 5.75 Å². The fraction of sp³-hybridized carbons (Fsp3) is 0.200. The number of ether oxygens (including phenoxy) is 1. The quantitative estimate of drug-likeness (QED) is 0.578. The molecule has 0 saturated carbocycles. The number of benzene rings is 2. The van der Waals surface area contributed by atoms with Crippen LogP contribution in [0.2, 0.25) is 0 Å². The second-order valence-electron chi connectivity index (χ2n) is 5.80. The lowest BCUT2D eigenvalue weighted by molar-refractivity contribution is -0.117. The van der Waals surface area contributed by atoms with Crippen molar-refractivity contribution in [3.05, 3.63) is 64.1 Å². The van der Waals surface area contributed by atoms with Crippen LogP contribution < -0.4 is 15.4 Å². The van der Waals surface area contributed by atoms with Crippen molar-refractivity contribution in [1.29, 1.82) is 0 Å². The Labute approximate surface area is 169 Å². The number of aryl methyl sites for hydroxylation is 1. The molecule has 0 heterocycles. The number of halogens is 3. The Hall–Kier alpha value is -2.74. The zero-order chi connectivity index (χ0) is 20.5. The molecule has 0 aliphatic carbocycles. The van der Waals surface area contributed by atoms with Gasteiger partial charge in [-0.2, -0.15) is 8.78 Å². The van der Waals surface area contributed by atoms with Gasteiger partial charge in [0, 0.05) is 34.8 Å². The maximum Gasteiger partial charge on any atom is 0.387 e. The van der Waals surface area contributed by atoms with E-state index in [9.17, 15) is 18.4 Å². The van der Waals surface area contributed by atoms with E-state index in [1.807, 2.05) is 19.1 Å². The van der Waals surface area contributed by atoms with Gasteiger partial charge in [-0.05, 0) is 36.8 Å². The van der Waals surface area contributed by atoms with E-state index in [2.05, 4.69) is 31.3 Å². The molecule has 0 radical (unpaired) electrons. The highest BCUT2D eigenvalue weighted by molar-refractivity contribution is 9.10. The molecule has 5 nitrogen and oxygen atoms in total. The Bertz CT molecular complexity index is 872. The third-order valence-corrected chi connectivity index (χ3v) is 4.17. The van der Waals surface area contributed by atoms with Crippen LogP contribution in [-0.4, -0.2) is 25.0 Å². The molecule has 0 aromatic heterocycles. The Balaban J connectivity index is 1.82. The summed E-state index contributed by atoms with van der Waals surface area (Å²) < 4.78 is 30.0. The van der Waals surface area contributed by atoms with Gasteiger partial charge < -0.3 is 15.4 Å². The highest BCUT2D eigenvalue weighted by Gasteiger charge is 2.08. The van der Waals surface area contributed by atoms with Crippen LogP contribution in [0, 0.1) is 6.92 Å². The Kier molecular flexibility index (Phi) is 8.13. The largest absolute Gasteiger partial charge is 0.434 e. The number of para-hydroxylation sites is 1. The first kappa shape index (κ1) is 21.6. The standard InChI is InChI=1S/C20H19BrF2N2O3/c1-13-6-8-15(21)12-16(13)25-19(27)10-11-24-18(26)9-7-14-4-2-3-5-17(14)28-20(22)23/h2-9,12,20H,10-11H2,1H3,(H,24,26)(H,25,27)/b9-7+. The van der Waals surface area contributed by atoms with Gasteiger partial charge in [-0.1, -0.05) is 40.2 Å². The molecule has 2 aromatic carbocycles. The van der Waals surface area contributed by atoms with E-state index < -0.39 is 12.5 Å². The highest BCUT2D eigenvalue weighted by atomic mass is 79.9. The van der Waals surface area contributed by atoms with Crippen molar-refractivity contribution < 1.29 is 23.1 Å². The summed E-state index contributed by atoms with van der Waals surface area (Å²) in [6, 6.07) is 11.7. The number of alkyl halides is 2. The second kappa shape index (κ2) is 10.6. The van der Waals surface area contributed by atoms with Crippen LogP contribution in [0.1, 0.15) is 17.5 Å². The summed E-state index contributed by atoms with van der Waals surface area (Å²) in [5.41, 5.74) is 1.97. The predicted octanol–water partition coefficient (Wildman–Crippen LogP) is 4.52. The maximum atomic E-state index is 12.4. The molecule has 0 bridgehead atoms. The van der Waals surface area contributed by atoms with Crippen LogP contribution in [0.25, 0.3) is 6.08 Å². The van der Waals surface area contributed by atoms with Gasteiger partial charge in [0.25, 0.3) is 0 Å². The van der Waals surface area contributed by atoms with Crippen molar-refractivity contribution >= 4 is 39.5 Å². The zero-order valence-corrected chi connectivity index (χ0v) is 16.6. The van der Waals surface area contributed by atoms with E-state index in [4.69, 9.17) is 0 Å². The maximum absolute atomic E-state index is 12.4. The molecule has 0 saturated heterocycles. The monoisotopic (exact) mass is 452 g/mol. The summed E-state index contributed by atoms with van der Waals surface area (Å²) >= 11 is 3.35. The van der Waals surface area contributed by atoms with Crippen molar-refractivity contribution in [2.75, 3.05) is 11.9 Å². The molecule has 0 aliphatic rings. The summed E-state index contributed by atoms with van der Waals surface area (Å²) in [5, 5.41) is 5.35. The average molecular weight is 453 g/mol. The average Bonchev–Trinajstić information content (AvgIpc) is 2.63. The van der Waals surface area contributed by atoms with Gasteiger partial charge in [0.15, 0.2) is 0 Å². The fourth-order valence-corrected chi connectivity index (χ4v) is 2.65. The minimum absolute atomic E-state index is 0.0229. The van der Waals surface area contributed by atoms with E-state index in [1.54, 1.807) is 24.3 Å². The second-order valence-corrected chi connectivity index (χ2v) is 6.71. The van der Waals surface area contributed by atoms with Gasteiger partial charge >= 0.3 is 6.61 Å². The van der Waals surface area contributed by atoms with Crippen LogP contribution in [0.3, 0.4) is 0 Å². The van der Waals surface area contributed by atoms with Gasteiger partial charge in [-0.15, -0.1) is 0 Å². The number of carbonyl (C=O) groups excluding carboxylic acids is 2. The smallest absolute Gasteiger partial charge is 0.387 e. The molecule has 0 fully saturated rings. The van der Waals surface area contributed by atoms with E-state index in [0.29, 0.717) is 11.3 Å². The van der Waals surface area contributed by atoms with Crippen molar-refractivity contribution in [1.82, 2.24) is 5.32 Å². The third-order valence-electron chi connectivity index (χ3n) is 3.67. The van der Waals surface area contributed by atoms with Gasteiger partial charge in [-0.3, -0.25) is 9.59 Å². The first-order valence-electron chi connectivity index (χ1n) is 8.41. The topological polar surface area (TPSA) is 67.4 Å².